The largest absolute Gasteiger partial charge is 0.614 e. The highest BCUT2D eigenvalue weighted by Crippen LogP contribution is 2.14. The first-order valence-electron chi connectivity index (χ1n) is 4.12. The Balaban J connectivity index is 4.07. The minimum absolute atomic E-state index is 0.296. The van der Waals surface area contributed by atoms with Crippen LogP contribution in [-0.4, -0.2) is 27.9 Å². The van der Waals surface area contributed by atoms with Gasteiger partial charge in [-0.3, -0.25) is 0 Å². The molecule has 0 amide bonds. The molecule has 0 saturated carbocycles. The fourth-order valence-corrected chi connectivity index (χ4v) is 2.37. The van der Waals surface area contributed by atoms with Crippen LogP contribution in [0.15, 0.2) is 38.0 Å². The van der Waals surface area contributed by atoms with Gasteiger partial charge in [-0.1, -0.05) is 29.3 Å². The molecule has 14 heavy (non-hydrogen) atoms. The molecule has 0 fully saturated rings. The molecule has 80 valence electrons. The van der Waals surface area contributed by atoms with Gasteiger partial charge in [0.1, 0.15) is 0 Å². The van der Waals surface area contributed by atoms with Gasteiger partial charge in [0.05, 0.1) is 19.8 Å². The summed E-state index contributed by atoms with van der Waals surface area (Å²) in [6.07, 6.45) is 4.75. The summed E-state index contributed by atoms with van der Waals surface area (Å²) < 4.78 is 15.7. The SMILES string of the molecule is C=CCO[Si](Cl)(OCC=C)OCC=C. The Morgan fingerprint density at radius 1 is 0.857 bits per heavy atom. The molecule has 0 bridgehead atoms. The van der Waals surface area contributed by atoms with E-state index in [1.807, 2.05) is 0 Å². The second-order valence-corrected chi connectivity index (χ2v) is 5.50. The molecule has 0 heterocycles. The van der Waals surface area contributed by atoms with Crippen LogP contribution >= 0.6 is 11.1 Å². The summed E-state index contributed by atoms with van der Waals surface area (Å²) >= 11 is 6.00. The summed E-state index contributed by atoms with van der Waals surface area (Å²) in [5.41, 5.74) is 0. The van der Waals surface area contributed by atoms with Crippen molar-refractivity contribution in [3.63, 3.8) is 0 Å². The van der Waals surface area contributed by atoms with Gasteiger partial charge < -0.3 is 13.3 Å². The zero-order valence-electron chi connectivity index (χ0n) is 8.08. The zero-order valence-corrected chi connectivity index (χ0v) is 9.83. The Bertz CT molecular complexity index is 165. The lowest BCUT2D eigenvalue weighted by Crippen LogP contribution is -2.40. The van der Waals surface area contributed by atoms with Gasteiger partial charge >= 0.3 is 8.11 Å². The Hall–Kier alpha value is -0.393. The van der Waals surface area contributed by atoms with Crippen molar-refractivity contribution < 1.29 is 13.3 Å². The molecular formula is C9H15ClO3Si. The fourth-order valence-electron chi connectivity index (χ4n) is 0.600. The maximum atomic E-state index is 6.00. The molecule has 0 aliphatic carbocycles. The van der Waals surface area contributed by atoms with E-state index in [0.29, 0.717) is 19.8 Å². The Kier molecular flexibility index (Phi) is 7.74. The van der Waals surface area contributed by atoms with E-state index in [-0.39, 0.29) is 0 Å². The number of hydrogen-bond acceptors (Lipinski definition) is 3. The average Bonchev–Trinajstić information content (AvgIpc) is 2.21. The van der Waals surface area contributed by atoms with Crippen molar-refractivity contribution in [2.45, 2.75) is 0 Å². The van der Waals surface area contributed by atoms with Gasteiger partial charge in [0, 0.05) is 0 Å². The molecule has 0 aromatic carbocycles. The van der Waals surface area contributed by atoms with Crippen molar-refractivity contribution in [1.29, 1.82) is 0 Å². The van der Waals surface area contributed by atoms with Gasteiger partial charge in [-0.2, -0.15) is 0 Å². The first-order valence-corrected chi connectivity index (χ1v) is 6.85. The molecule has 0 atom stereocenters. The maximum Gasteiger partial charge on any atom is 0.614 e. The Labute approximate surface area is 90.7 Å². The van der Waals surface area contributed by atoms with E-state index >= 15 is 0 Å². The van der Waals surface area contributed by atoms with E-state index in [2.05, 4.69) is 19.7 Å². The minimum atomic E-state index is -3.05. The molecule has 0 aromatic rings. The average molecular weight is 235 g/mol. The summed E-state index contributed by atoms with van der Waals surface area (Å²) in [6, 6.07) is 0. The molecule has 3 nitrogen and oxygen atoms in total. The van der Waals surface area contributed by atoms with Crippen molar-refractivity contribution in [1.82, 2.24) is 0 Å². The minimum Gasteiger partial charge on any atom is -0.358 e. The van der Waals surface area contributed by atoms with E-state index < -0.39 is 8.11 Å². The van der Waals surface area contributed by atoms with Gasteiger partial charge in [0.2, 0.25) is 0 Å². The van der Waals surface area contributed by atoms with Gasteiger partial charge in [-0.05, 0) is 0 Å². The van der Waals surface area contributed by atoms with E-state index in [9.17, 15) is 0 Å². The zero-order chi connectivity index (χ0) is 10.9. The smallest absolute Gasteiger partial charge is 0.358 e. The van der Waals surface area contributed by atoms with E-state index in [1.54, 1.807) is 18.2 Å². The van der Waals surface area contributed by atoms with Crippen LogP contribution in [-0.2, 0) is 13.3 Å². The molecule has 0 N–H and O–H groups in total. The van der Waals surface area contributed by atoms with Crippen LogP contribution in [0.5, 0.6) is 0 Å². The second kappa shape index (κ2) is 7.96. The topological polar surface area (TPSA) is 27.7 Å². The molecule has 0 saturated heterocycles. The van der Waals surface area contributed by atoms with Gasteiger partial charge in [-0.25, -0.2) is 0 Å². The highest BCUT2D eigenvalue weighted by atomic mass is 35.6. The summed E-state index contributed by atoms with van der Waals surface area (Å²) in [7, 11) is -3.05. The summed E-state index contributed by atoms with van der Waals surface area (Å²) in [6.45, 7) is 11.4. The van der Waals surface area contributed by atoms with Crippen LogP contribution in [0.2, 0.25) is 0 Å². The van der Waals surface area contributed by atoms with Gasteiger partial charge in [0.25, 0.3) is 0 Å². The van der Waals surface area contributed by atoms with Crippen molar-refractivity contribution >= 4 is 19.2 Å². The Morgan fingerprint density at radius 3 is 1.36 bits per heavy atom. The van der Waals surface area contributed by atoms with Crippen LogP contribution in [0.3, 0.4) is 0 Å². The maximum absolute atomic E-state index is 6.00. The normalized spacial score (nSPS) is 10.9. The van der Waals surface area contributed by atoms with Crippen LogP contribution in [0, 0.1) is 0 Å². The molecule has 5 heteroatoms. The quantitative estimate of drug-likeness (QED) is 0.348. The van der Waals surface area contributed by atoms with Crippen molar-refractivity contribution in [3.05, 3.63) is 38.0 Å². The third-order valence-electron chi connectivity index (χ3n) is 1.12. The molecule has 0 aliphatic heterocycles. The summed E-state index contributed by atoms with van der Waals surface area (Å²) in [5.74, 6) is 0. The van der Waals surface area contributed by atoms with Crippen LogP contribution in [0.1, 0.15) is 0 Å². The predicted octanol–water partition coefficient (Wildman–Crippen LogP) is 2.27. The lowest BCUT2D eigenvalue weighted by molar-refractivity contribution is 0.110. The first-order chi connectivity index (χ1) is 6.68. The first kappa shape index (κ1) is 13.6. The molecule has 0 radical (unpaired) electrons. The lowest BCUT2D eigenvalue weighted by Gasteiger charge is -2.21. The summed E-state index contributed by atoms with van der Waals surface area (Å²) in [5, 5.41) is 0. The molecule has 0 unspecified atom stereocenters. The molecular weight excluding hydrogens is 220 g/mol. The highest BCUT2D eigenvalue weighted by molar-refractivity contribution is 7.09. The van der Waals surface area contributed by atoms with Crippen LogP contribution in [0.25, 0.3) is 0 Å². The Morgan fingerprint density at radius 2 is 1.14 bits per heavy atom. The van der Waals surface area contributed by atoms with E-state index in [1.165, 1.54) is 0 Å². The van der Waals surface area contributed by atoms with E-state index in [0.717, 1.165) is 0 Å². The van der Waals surface area contributed by atoms with Crippen molar-refractivity contribution in [3.8, 4) is 0 Å². The lowest BCUT2D eigenvalue weighted by atomic mass is 10.7. The third kappa shape index (κ3) is 6.12. The van der Waals surface area contributed by atoms with E-state index in [4.69, 9.17) is 24.4 Å². The predicted molar refractivity (Wildman–Crippen MR) is 60.1 cm³/mol. The number of rotatable bonds is 9. The number of hydrogen-bond donors (Lipinski definition) is 0. The second-order valence-electron chi connectivity index (χ2n) is 2.28. The number of halogens is 1. The molecule has 0 aromatic heterocycles. The van der Waals surface area contributed by atoms with Crippen molar-refractivity contribution in [2.24, 2.45) is 0 Å². The standard InChI is InChI=1S/C9H15ClO3Si/c1-4-7-11-14(10,12-8-5-2)13-9-6-3/h4-6H,1-3,7-9H2. The van der Waals surface area contributed by atoms with Crippen LogP contribution in [0.4, 0.5) is 0 Å². The fraction of sp³-hybridized carbons (Fsp3) is 0.333. The molecule has 0 spiro atoms. The van der Waals surface area contributed by atoms with Gasteiger partial charge in [0.15, 0.2) is 0 Å². The van der Waals surface area contributed by atoms with Crippen molar-refractivity contribution in [2.75, 3.05) is 19.8 Å². The van der Waals surface area contributed by atoms with Gasteiger partial charge in [-0.15, -0.1) is 19.7 Å². The molecule has 0 aliphatic rings. The molecule has 0 rings (SSSR count). The third-order valence-corrected chi connectivity index (χ3v) is 3.64. The monoisotopic (exact) mass is 234 g/mol. The highest BCUT2D eigenvalue weighted by Gasteiger charge is 2.39. The van der Waals surface area contributed by atoms with Crippen LogP contribution < -0.4 is 0 Å². The summed E-state index contributed by atoms with van der Waals surface area (Å²) in [4.78, 5) is 0.